The zero-order valence-corrected chi connectivity index (χ0v) is 18.2. The van der Waals surface area contributed by atoms with E-state index in [9.17, 15) is 9.00 Å². The van der Waals surface area contributed by atoms with Crippen LogP contribution in [0.1, 0.15) is 16.8 Å². The molecule has 30 heavy (non-hydrogen) atoms. The first-order chi connectivity index (χ1) is 14.2. The highest BCUT2D eigenvalue weighted by Crippen LogP contribution is 2.40. The largest absolute Gasteiger partial charge is 0.455 e. The van der Waals surface area contributed by atoms with Gasteiger partial charge in [-0.3, -0.25) is 9.78 Å². The normalized spacial score (nSPS) is 12.7. The molecular formula is C23H23N3O3S. The van der Waals surface area contributed by atoms with Gasteiger partial charge in [-0.2, -0.15) is 4.36 Å². The fourth-order valence-corrected chi connectivity index (χ4v) is 4.15. The first-order valence-corrected chi connectivity index (χ1v) is 11.9. The van der Waals surface area contributed by atoms with Crippen LogP contribution in [0.4, 0.5) is 5.69 Å². The second-order valence-electron chi connectivity index (χ2n) is 7.60. The monoisotopic (exact) mass is 421 g/mol. The quantitative estimate of drug-likeness (QED) is 0.623. The van der Waals surface area contributed by atoms with Crippen molar-refractivity contribution in [2.45, 2.75) is 13.3 Å². The number of ether oxygens (including phenoxy) is 1. The van der Waals surface area contributed by atoms with Crippen molar-refractivity contribution >= 4 is 21.5 Å². The van der Waals surface area contributed by atoms with E-state index >= 15 is 0 Å². The number of benzene rings is 1. The minimum absolute atomic E-state index is 0.00435. The second-order valence-corrected chi connectivity index (χ2v) is 10.1. The van der Waals surface area contributed by atoms with Crippen LogP contribution < -0.4 is 10.3 Å². The van der Waals surface area contributed by atoms with Crippen molar-refractivity contribution in [2.24, 2.45) is 11.4 Å². The molecule has 1 aliphatic carbocycles. The maximum Gasteiger partial charge on any atom is 0.254 e. The minimum Gasteiger partial charge on any atom is -0.455 e. The first kappa shape index (κ1) is 20.1. The van der Waals surface area contributed by atoms with Crippen molar-refractivity contribution in [3.63, 3.8) is 0 Å². The Morgan fingerprint density at radius 3 is 2.70 bits per heavy atom. The number of fused-ring (bicyclic) bond motifs is 1. The van der Waals surface area contributed by atoms with Crippen LogP contribution >= 0.6 is 0 Å². The fourth-order valence-electron chi connectivity index (χ4n) is 3.53. The van der Waals surface area contributed by atoms with Crippen LogP contribution in [-0.2, 0) is 23.2 Å². The number of hydrogen-bond donors (Lipinski definition) is 0. The van der Waals surface area contributed by atoms with E-state index in [0.717, 1.165) is 27.9 Å². The number of hydrogen-bond acceptors (Lipinski definition) is 5. The molecule has 2 heterocycles. The van der Waals surface area contributed by atoms with Crippen LogP contribution in [0, 0.1) is 6.92 Å². The number of aryl methyl sites for hydroxylation is 2. The summed E-state index contributed by atoms with van der Waals surface area (Å²) in [6.07, 6.45) is 11.3. The maximum atomic E-state index is 12.5. The summed E-state index contributed by atoms with van der Waals surface area (Å²) in [5.74, 6) is 1.26. The number of rotatable bonds is 4. The van der Waals surface area contributed by atoms with E-state index in [1.165, 1.54) is 0 Å². The molecule has 6 nitrogen and oxygen atoms in total. The first-order valence-electron chi connectivity index (χ1n) is 9.53. The fraction of sp³-hybridized carbons (Fsp3) is 0.217. The minimum atomic E-state index is -2.33. The Labute approximate surface area is 176 Å². The number of pyridine rings is 2. The molecule has 0 N–H and O–H groups in total. The van der Waals surface area contributed by atoms with Gasteiger partial charge in [-0.05, 0) is 49.2 Å². The third-order valence-corrected chi connectivity index (χ3v) is 5.53. The second kappa shape index (κ2) is 7.57. The van der Waals surface area contributed by atoms with Gasteiger partial charge in [0.05, 0.1) is 11.4 Å². The molecule has 0 atom stereocenters. The molecular weight excluding hydrogens is 398 g/mol. The van der Waals surface area contributed by atoms with Crippen LogP contribution in [0.5, 0.6) is 11.5 Å². The zero-order valence-electron chi connectivity index (χ0n) is 17.4. The summed E-state index contributed by atoms with van der Waals surface area (Å²) in [4.78, 5) is 16.8. The van der Waals surface area contributed by atoms with E-state index in [2.05, 4.69) is 9.35 Å². The van der Waals surface area contributed by atoms with Crippen LogP contribution in [0.3, 0.4) is 0 Å². The van der Waals surface area contributed by atoms with Gasteiger partial charge in [-0.25, -0.2) is 4.21 Å². The van der Waals surface area contributed by atoms with Crippen molar-refractivity contribution in [2.75, 3.05) is 12.5 Å². The molecule has 0 unspecified atom stereocenters. The molecule has 0 amide bonds. The van der Waals surface area contributed by atoms with Gasteiger partial charge < -0.3 is 9.30 Å². The Hall–Kier alpha value is -3.19. The third-order valence-electron chi connectivity index (χ3n) is 4.88. The molecule has 0 bridgehead atoms. The van der Waals surface area contributed by atoms with Gasteiger partial charge in [0, 0.05) is 58.4 Å². The summed E-state index contributed by atoms with van der Waals surface area (Å²) < 4.78 is 24.4. The summed E-state index contributed by atoms with van der Waals surface area (Å²) in [6.45, 7) is 1.88. The Balaban J connectivity index is 1.96. The molecule has 0 radical (unpaired) electrons. The van der Waals surface area contributed by atoms with E-state index in [-0.39, 0.29) is 5.56 Å². The summed E-state index contributed by atoms with van der Waals surface area (Å²) in [5, 5.41) is 0. The highest BCUT2D eigenvalue weighted by Gasteiger charge is 2.20. The zero-order chi connectivity index (χ0) is 21.5. The van der Waals surface area contributed by atoms with Crippen molar-refractivity contribution in [3.8, 4) is 22.6 Å². The average Bonchev–Trinajstić information content (AvgIpc) is 3.17. The molecule has 7 heteroatoms. The number of allylic oxidation sites excluding steroid dienone is 1. The van der Waals surface area contributed by atoms with Gasteiger partial charge in [0.15, 0.2) is 0 Å². The molecule has 2 aromatic heterocycles. The summed E-state index contributed by atoms with van der Waals surface area (Å²) in [5.41, 5.74) is 4.66. The number of aromatic nitrogens is 2. The van der Waals surface area contributed by atoms with E-state index < -0.39 is 9.73 Å². The summed E-state index contributed by atoms with van der Waals surface area (Å²) >= 11 is 0. The molecule has 154 valence electrons. The highest BCUT2D eigenvalue weighted by molar-refractivity contribution is 7.92. The van der Waals surface area contributed by atoms with Gasteiger partial charge in [-0.1, -0.05) is 12.2 Å². The highest BCUT2D eigenvalue weighted by atomic mass is 32.2. The van der Waals surface area contributed by atoms with Gasteiger partial charge >= 0.3 is 0 Å². The maximum absolute atomic E-state index is 12.5. The average molecular weight is 422 g/mol. The molecule has 0 spiro atoms. The Bertz CT molecular complexity index is 1350. The van der Waals surface area contributed by atoms with Crippen molar-refractivity contribution in [1.82, 2.24) is 9.55 Å². The molecule has 1 aliphatic rings. The van der Waals surface area contributed by atoms with Crippen molar-refractivity contribution < 1.29 is 8.95 Å². The topological polar surface area (TPSA) is 73.6 Å². The Kier molecular flexibility index (Phi) is 5.07. The van der Waals surface area contributed by atoms with Gasteiger partial charge in [0.1, 0.15) is 11.5 Å². The van der Waals surface area contributed by atoms with Crippen molar-refractivity contribution in [1.29, 1.82) is 0 Å². The van der Waals surface area contributed by atoms with E-state index in [1.807, 2.05) is 49.5 Å². The molecule has 3 aromatic rings. The third kappa shape index (κ3) is 3.93. The molecule has 0 saturated carbocycles. The molecule has 0 saturated heterocycles. The van der Waals surface area contributed by atoms with Crippen molar-refractivity contribution in [3.05, 3.63) is 76.0 Å². The number of nitrogens with zero attached hydrogens (tertiary/aromatic N) is 3. The predicted molar refractivity (Wildman–Crippen MR) is 121 cm³/mol. The molecule has 4 rings (SSSR count). The lowest BCUT2D eigenvalue weighted by Gasteiger charge is -2.16. The predicted octanol–water partition coefficient (Wildman–Crippen LogP) is 4.48. The SMILES string of the molecule is Cc1ncccc1Oc1ccc(N=S(C)(C)=O)cc1-c1cn(C)c(=O)c2c1C=CC2. The lowest BCUT2D eigenvalue weighted by Crippen LogP contribution is -2.21. The smallest absolute Gasteiger partial charge is 0.254 e. The summed E-state index contributed by atoms with van der Waals surface area (Å²) in [6, 6.07) is 9.15. The molecule has 0 aliphatic heterocycles. The lowest BCUT2D eigenvalue weighted by molar-refractivity contribution is 0.477. The van der Waals surface area contributed by atoms with Gasteiger partial charge in [-0.15, -0.1) is 0 Å². The van der Waals surface area contributed by atoms with E-state index in [1.54, 1.807) is 36.4 Å². The molecule has 0 fully saturated rings. The summed E-state index contributed by atoms with van der Waals surface area (Å²) in [7, 11) is -0.581. The van der Waals surface area contributed by atoms with Gasteiger partial charge in [0.2, 0.25) is 0 Å². The molecule has 1 aromatic carbocycles. The van der Waals surface area contributed by atoms with Crippen LogP contribution in [0.25, 0.3) is 17.2 Å². The van der Waals surface area contributed by atoms with Gasteiger partial charge in [0.25, 0.3) is 5.56 Å². The Morgan fingerprint density at radius 2 is 1.97 bits per heavy atom. The van der Waals surface area contributed by atoms with Crippen LogP contribution in [-0.4, -0.2) is 26.3 Å². The Morgan fingerprint density at radius 1 is 1.17 bits per heavy atom. The lowest BCUT2D eigenvalue weighted by atomic mass is 9.98. The van der Waals surface area contributed by atoms with Crippen LogP contribution in [0.15, 0.2) is 58.0 Å². The standard InChI is InChI=1S/C23H23N3O3S/c1-15-21(9-6-12-24-15)29-22-11-10-16(25-30(3,4)28)13-19(22)20-14-26(2)23(27)18-8-5-7-17(18)20/h5-7,9-14H,8H2,1-4H3. The van der Waals surface area contributed by atoms with E-state index in [0.29, 0.717) is 23.6 Å². The van der Waals surface area contributed by atoms with Crippen LogP contribution in [0.2, 0.25) is 0 Å². The van der Waals surface area contributed by atoms with E-state index in [4.69, 9.17) is 4.74 Å².